The van der Waals surface area contributed by atoms with E-state index in [1.54, 1.807) is 18.3 Å². The number of ether oxygens (including phenoxy) is 1. The molecule has 0 aliphatic carbocycles. The lowest BCUT2D eigenvalue weighted by Gasteiger charge is -2.14. The van der Waals surface area contributed by atoms with Crippen LogP contribution >= 0.6 is 0 Å². The Morgan fingerprint density at radius 3 is 2.71 bits per heavy atom. The first-order valence-electron chi connectivity index (χ1n) is 9.04. The Labute approximate surface area is 161 Å². The minimum absolute atomic E-state index is 0.169. The number of nitrogens with zero attached hydrogens (tertiary/aromatic N) is 2. The van der Waals surface area contributed by atoms with Crippen molar-refractivity contribution >= 4 is 12.0 Å². The number of pyridine rings is 1. The van der Waals surface area contributed by atoms with Crippen LogP contribution in [0.25, 0.3) is 11.3 Å². The number of aromatic nitrogens is 1. The molecule has 1 aromatic heterocycles. The van der Waals surface area contributed by atoms with Gasteiger partial charge in [-0.3, -0.25) is 4.99 Å². The zero-order valence-electron chi connectivity index (χ0n) is 15.5. The molecule has 1 atom stereocenters. The van der Waals surface area contributed by atoms with Crippen LogP contribution in [0.4, 0.5) is 19.0 Å². The summed E-state index contributed by atoms with van der Waals surface area (Å²) in [5, 5.41) is 10.1. The number of anilines is 1. The first kappa shape index (κ1) is 20.1. The number of halogens is 3. The van der Waals surface area contributed by atoms with Crippen molar-refractivity contribution in [3.8, 4) is 17.0 Å². The Hall–Kier alpha value is -2.61. The third-order valence-corrected chi connectivity index (χ3v) is 4.70. The number of nitrogen functional groups attached to an aromatic ring is 1. The van der Waals surface area contributed by atoms with Gasteiger partial charge in [0.2, 0.25) is 0 Å². The van der Waals surface area contributed by atoms with Crippen molar-refractivity contribution in [1.82, 2.24) is 4.98 Å². The fourth-order valence-corrected chi connectivity index (χ4v) is 3.22. The van der Waals surface area contributed by atoms with Gasteiger partial charge in [-0.2, -0.15) is 13.2 Å². The second-order valence-corrected chi connectivity index (χ2v) is 6.83. The predicted molar refractivity (Wildman–Crippen MR) is 102 cm³/mol. The number of nitrogens with two attached hydrogens (primary N) is 1. The fraction of sp³-hybridized carbons (Fsp3) is 0.400. The lowest BCUT2D eigenvalue weighted by Crippen LogP contribution is -2.07. The van der Waals surface area contributed by atoms with Crippen LogP contribution in [0.15, 0.2) is 29.3 Å². The highest BCUT2D eigenvalue weighted by atomic mass is 19.4. The average molecular weight is 393 g/mol. The van der Waals surface area contributed by atoms with Gasteiger partial charge < -0.3 is 15.6 Å². The van der Waals surface area contributed by atoms with E-state index in [4.69, 9.17) is 10.5 Å². The number of hydrogen-bond donors (Lipinski definition) is 2. The Morgan fingerprint density at radius 2 is 2.04 bits per heavy atom. The van der Waals surface area contributed by atoms with Gasteiger partial charge in [-0.05, 0) is 56.0 Å². The summed E-state index contributed by atoms with van der Waals surface area (Å²) in [5.74, 6) is -0.288. The van der Waals surface area contributed by atoms with Gasteiger partial charge in [0, 0.05) is 30.6 Å². The average Bonchev–Trinajstić information content (AvgIpc) is 2.88. The molecule has 2 heterocycles. The molecule has 8 heteroatoms. The smallest absolute Gasteiger partial charge is 0.416 e. The van der Waals surface area contributed by atoms with Crippen LogP contribution in [0.2, 0.25) is 0 Å². The van der Waals surface area contributed by atoms with E-state index in [-0.39, 0.29) is 23.0 Å². The van der Waals surface area contributed by atoms with E-state index in [1.807, 2.05) is 0 Å². The number of benzene rings is 1. The molecular weight excluding hydrogens is 371 g/mol. The quantitative estimate of drug-likeness (QED) is 0.760. The molecule has 3 rings (SSSR count). The Morgan fingerprint density at radius 1 is 1.25 bits per heavy atom. The molecule has 2 aromatic rings. The zero-order valence-corrected chi connectivity index (χ0v) is 15.5. The van der Waals surface area contributed by atoms with Crippen LogP contribution in [0.5, 0.6) is 5.75 Å². The van der Waals surface area contributed by atoms with E-state index in [1.165, 1.54) is 6.92 Å². The van der Waals surface area contributed by atoms with E-state index in [9.17, 15) is 18.3 Å². The highest BCUT2D eigenvalue weighted by molar-refractivity contribution is 5.87. The van der Waals surface area contributed by atoms with Crippen molar-refractivity contribution in [2.75, 3.05) is 18.9 Å². The van der Waals surface area contributed by atoms with Gasteiger partial charge in [-0.1, -0.05) is 0 Å². The molecule has 1 aliphatic rings. The Kier molecular flexibility index (Phi) is 5.88. The van der Waals surface area contributed by atoms with Gasteiger partial charge >= 0.3 is 6.18 Å². The Bertz CT molecular complexity index is 850. The lowest BCUT2D eigenvalue weighted by molar-refractivity contribution is -0.137. The molecule has 28 heavy (non-hydrogen) atoms. The summed E-state index contributed by atoms with van der Waals surface area (Å²) in [6.07, 6.45) is -0.111. The summed E-state index contributed by atoms with van der Waals surface area (Å²) in [4.78, 5) is 8.81. The number of rotatable bonds is 3. The number of aromatic hydroxyl groups is 1. The molecule has 5 nitrogen and oxygen atoms in total. The molecule has 0 saturated carbocycles. The molecule has 1 fully saturated rings. The highest BCUT2D eigenvalue weighted by Crippen LogP contribution is 2.38. The molecule has 0 bridgehead atoms. The molecule has 1 aliphatic heterocycles. The maximum atomic E-state index is 12.9. The number of phenolic OH excluding ortho intramolecular Hbond substituents is 1. The highest BCUT2D eigenvalue weighted by Gasteiger charge is 2.32. The third kappa shape index (κ3) is 4.62. The first-order valence-corrected chi connectivity index (χ1v) is 9.04. The minimum atomic E-state index is -4.53. The Balaban J connectivity index is 1.86. The van der Waals surface area contributed by atoms with Crippen LogP contribution < -0.4 is 5.73 Å². The van der Waals surface area contributed by atoms with E-state index in [0.29, 0.717) is 23.9 Å². The van der Waals surface area contributed by atoms with Crippen molar-refractivity contribution in [2.45, 2.75) is 38.4 Å². The molecule has 3 N–H and O–H groups in total. The summed E-state index contributed by atoms with van der Waals surface area (Å²) in [7, 11) is 0. The number of alkyl halides is 3. The van der Waals surface area contributed by atoms with Crippen LogP contribution in [-0.4, -0.2) is 35.6 Å². The van der Waals surface area contributed by atoms with Crippen LogP contribution in [-0.2, 0) is 10.9 Å². The van der Waals surface area contributed by atoms with Crippen molar-refractivity contribution in [3.63, 3.8) is 0 Å². The number of aryl methyl sites for hydroxylation is 1. The van der Waals surface area contributed by atoms with Gasteiger partial charge in [0.15, 0.2) is 0 Å². The first-order chi connectivity index (χ1) is 13.3. The minimum Gasteiger partial charge on any atom is -0.507 e. The summed E-state index contributed by atoms with van der Waals surface area (Å²) >= 11 is 0. The largest absolute Gasteiger partial charge is 0.507 e. The molecule has 0 radical (unpaired) electrons. The number of hydrogen-bond acceptors (Lipinski definition) is 5. The van der Waals surface area contributed by atoms with Gasteiger partial charge in [-0.15, -0.1) is 0 Å². The van der Waals surface area contributed by atoms with Crippen molar-refractivity contribution in [1.29, 1.82) is 0 Å². The monoisotopic (exact) mass is 393 g/mol. The van der Waals surface area contributed by atoms with Crippen molar-refractivity contribution < 1.29 is 23.0 Å². The van der Waals surface area contributed by atoms with Crippen LogP contribution in [0, 0.1) is 6.92 Å². The van der Waals surface area contributed by atoms with E-state index in [2.05, 4.69) is 9.98 Å². The number of aliphatic imine (C=N–C) groups is 1. The second kappa shape index (κ2) is 8.18. The molecule has 150 valence electrons. The molecule has 1 saturated heterocycles. The van der Waals surface area contributed by atoms with Gasteiger partial charge in [0.1, 0.15) is 11.6 Å². The molecule has 1 aromatic carbocycles. The van der Waals surface area contributed by atoms with E-state index < -0.39 is 17.5 Å². The van der Waals surface area contributed by atoms with Gasteiger partial charge in [0.25, 0.3) is 0 Å². The fourth-order valence-electron chi connectivity index (χ4n) is 3.22. The van der Waals surface area contributed by atoms with Crippen molar-refractivity contribution in [2.24, 2.45) is 4.99 Å². The summed E-state index contributed by atoms with van der Waals surface area (Å²) in [5.41, 5.74) is 6.53. The summed E-state index contributed by atoms with van der Waals surface area (Å²) in [6.45, 7) is 2.92. The molecule has 0 spiro atoms. The second-order valence-electron chi connectivity index (χ2n) is 6.83. The third-order valence-electron chi connectivity index (χ3n) is 4.70. The van der Waals surface area contributed by atoms with E-state index >= 15 is 0 Å². The topological polar surface area (TPSA) is 80.7 Å². The van der Waals surface area contributed by atoms with E-state index in [0.717, 1.165) is 31.9 Å². The predicted octanol–water partition coefficient (Wildman–Crippen LogP) is 4.35. The van der Waals surface area contributed by atoms with Gasteiger partial charge in [0.05, 0.1) is 17.3 Å². The molecule has 1 unspecified atom stereocenters. The van der Waals surface area contributed by atoms with Crippen molar-refractivity contribution in [3.05, 3.63) is 41.0 Å². The zero-order chi connectivity index (χ0) is 20.3. The lowest BCUT2D eigenvalue weighted by atomic mass is 10.00. The van der Waals surface area contributed by atoms with Crippen LogP contribution in [0.3, 0.4) is 0 Å². The molecule has 0 amide bonds. The standard InChI is InChI=1S/C20H22F3N3O2/c1-12-9-14(20(21,22)23)10-17(27)18(12)16-5-4-13(19(24)26-16)11-25-15-3-2-7-28-8-6-15/h4-5,9-11,15,27H,2-3,6-8H2,1H3,(H2,24,26). The number of phenols is 1. The maximum absolute atomic E-state index is 12.9. The SMILES string of the molecule is Cc1cc(C(F)(F)F)cc(O)c1-c1ccc(C=NC2CCCOCC2)c(N)n1. The maximum Gasteiger partial charge on any atom is 0.416 e. The normalized spacial score (nSPS) is 18.4. The molecular formula is C20H22F3N3O2. The summed E-state index contributed by atoms with van der Waals surface area (Å²) in [6, 6.07) is 5.16. The van der Waals surface area contributed by atoms with Gasteiger partial charge in [-0.25, -0.2) is 4.98 Å². The summed E-state index contributed by atoms with van der Waals surface area (Å²) < 4.78 is 44.1. The van der Waals surface area contributed by atoms with Crippen LogP contribution in [0.1, 0.15) is 36.0 Å².